The summed E-state index contributed by atoms with van der Waals surface area (Å²) in [5, 5.41) is 0. The molecule has 3 aliphatic heterocycles. The summed E-state index contributed by atoms with van der Waals surface area (Å²) in [7, 11) is 0. The average Bonchev–Trinajstić information content (AvgIpc) is 3.26. The zero-order valence-corrected chi connectivity index (χ0v) is 15.1. The molecule has 4 rings (SSSR count). The molecule has 0 saturated carbocycles. The number of para-hydroxylation sites is 1. The van der Waals surface area contributed by atoms with Crippen LogP contribution in [0.5, 0.6) is 0 Å². The van der Waals surface area contributed by atoms with Crippen molar-refractivity contribution in [3.05, 3.63) is 54.6 Å². The molecule has 2 saturated heterocycles. The maximum Gasteiger partial charge on any atom is 0.312 e. The van der Waals surface area contributed by atoms with Gasteiger partial charge in [0, 0.05) is 5.69 Å². The van der Waals surface area contributed by atoms with Gasteiger partial charge in [0.25, 0.3) is 0 Å². The van der Waals surface area contributed by atoms with Crippen LogP contribution >= 0.6 is 0 Å². The molecule has 2 bridgehead atoms. The number of fused-ring (bicyclic) bond motifs is 1. The summed E-state index contributed by atoms with van der Waals surface area (Å²) in [5.41, 5.74) is 1.07. The predicted molar refractivity (Wildman–Crippen MR) is 97.6 cm³/mol. The fourth-order valence-electron chi connectivity index (χ4n) is 4.72. The van der Waals surface area contributed by atoms with Crippen LogP contribution in [0.1, 0.15) is 18.9 Å². The second-order valence-electron chi connectivity index (χ2n) is 7.09. The first-order valence-electron chi connectivity index (χ1n) is 9.08. The van der Waals surface area contributed by atoms with Crippen molar-refractivity contribution in [2.75, 3.05) is 11.5 Å². The minimum atomic E-state index is -0.796. The average molecular weight is 353 g/mol. The van der Waals surface area contributed by atoms with Crippen molar-refractivity contribution in [2.24, 2.45) is 11.8 Å². The van der Waals surface area contributed by atoms with Gasteiger partial charge in [0.15, 0.2) is 0 Å². The van der Waals surface area contributed by atoms with E-state index < -0.39 is 23.5 Å². The van der Waals surface area contributed by atoms with Crippen LogP contribution in [-0.2, 0) is 19.1 Å². The normalized spacial score (nSPS) is 34.2. The van der Waals surface area contributed by atoms with E-state index in [0.717, 1.165) is 11.3 Å². The van der Waals surface area contributed by atoms with Crippen LogP contribution in [0.15, 0.2) is 49.1 Å². The van der Waals surface area contributed by atoms with Crippen LogP contribution in [0.25, 0.3) is 0 Å². The lowest BCUT2D eigenvalue weighted by Crippen LogP contribution is -2.45. The Morgan fingerprint density at radius 1 is 1.42 bits per heavy atom. The fourth-order valence-corrected chi connectivity index (χ4v) is 4.72. The van der Waals surface area contributed by atoms with Crippen molar-refractivity contribution in [1.29, 1.82) is 0 Å². The Kier molecular flexibility index (Phi) is 3.99. The maximum absolute atomic E-state index is 13.5. The first kappa shape index (κ1) is 17.0. The number of rotatable bonds is 5. The first-order valence-corrected chi connectivity index (χ1v) is 9.08. The van der Waals surface area contributed by atoms with E-state index in [1.165, 1.54) is 0 Å². The smallest absolute Gasteiger partial charge is 0.312 e. The van der Waals surface area contributed by atoms with E-state index in [2.05, 4.69) is 6.58 Å². The topological polar surface area (TPSA) is 55.8 Å². The van der Waals surface area contributed by atoms with E-state index in [0.29, 0.717) is 6.42 Å². The van der Waals surface area contributed by atoms with Gasteiger partial charge in [-0.15, -0.1) is 6.58 Å². The lowest BCUT2D eigenvalue weighted by atomic mass is 9.74. The van der Waals surface area contributed by atoms with Crippen molar-refractivity contribution in [2.45, 2.75) is 38.0 Å². The molecule has 2 fully saturated rings. The highest BCUT2D eigenvalue weighted by atomic mass is 16.6. The Bertz CT molecular complexity index is 801. The summed E-state index contributed by atoms with van der Waals surface area (Å²) in [6.07, 6.45) is 5.88. The highest BCUT2D eigenvalue weighted by Gasteiger charge is 2.71. The van der Waals surface area contributed by atoms with Gasteiger partial charge in [0.05, 0.1) is 24.7 Å². The molecule has 5 nitrogen and oxygen atoms in total. The van der Waals surface area contributed by atoms with Crippen LogP contribution in [0, 0.1) is 18.8 Å². The summed E-state index contributed by atoms with van der Waals surface area (Å²) >= 11 is 0. The van der Waals surface area contributed by atoms with Crippen molar-refractivity contribution in [3.8, 4) is 0 Å². The highest BCUT2D eigenvalue weighted by molar-refractivity contribution is 6.04. The molecule has 3 heterocycles. The van der Waals surface area contributed by atoms with Gasteiger partial charge in [-0.3, -0.25) is 9.59 Å². The number of anilines is 1. The van der Waals surface area contributed by atoms with Crippen molar-refractivity contribution in [3.63, 3.8) is 0 Å². The summed E-state index contributed by atoms with van der Waals surface area (Å²) in [6.45, 7) is 7.91. The summed E-state index contributed by atoms with van der Waals surface area (Å²) in [5.74, 6) is -1.57. The number of amides is 1. The van der Waals surface area contributed by atoms with E-state index in [9.17, 15) is 9.59 Å². The Morgan fingerprint density at radius 2 is 2.19 bits per heavy atom. The van der Waals surface area contributed by atoms with Crippen LogP contribution in [0.2, 0.25) is 0 Å². The number of hydrogen-bond donors (Lipinski definition) is 0. The van der Waals surface area contributed by atoms with Crippen LogP contribution in [0.3, 0.4) is 0 Å². The zero-order valence-electron chi connectivity index (χ0n) is 15.1. The van der Waals surface area contributed by atoms with Gasteiger partial charge in [-0.2, -0.15) is 0 Å². The largest absolute Gasteiger partial charge is 0.466 e. The lowest BCUT2D eigenvalue weighted by Gasteiger charge is -2.33. The molecule has 1 spiro atoms. The maximum atomic E-state index is 13.5. The van der Waals surface area contributed by atoms with Gasteiger partial charge in [-0.1, -0.05) is 36.4 Å². The minimum absolute atomic E-state index is 0.0731. The number of carbonyl (C=O) groups is 2. The molecule has 1 amide bonds. The second kappa shape index (κ2) is 6.09. The van der Waals surface area contributed by atoms with E-state index >= 15 is 0 Å². The Hall–Kier alpha value is -2.40. The minimum Gasteiger partial charge on any atom is -0.466 e. The van der Waals surface area contributed by atoms with Crippen LogP contribution in [-0.4, -0.2) is 36.2 Å². The molecule has 5 heteroatoms. The molecule has 1 aromatic rings. The Labute approximate surface area is 153 Å². The third-order valence-electron chi connectivity index (χ3n) is 5.75. The SMILES string of the molecule is C=CCC1N(c2ccccc2C)C(=O)[C@@H]2[C@H](C(=O)OCC)[C@H]3C=C[C@@]12O3. The van der Waals surface area contributed by atoms with Crippen molar-refractivity contribution in [1.82, 2.24) is 0 Å². The third-order valence-corrected chi connectivity index (χ3v) is 5.75. The van der Waals surface area contributed by atoms with E-state index in [1.807, 2.05) is 49.4 Å². The number of esters is 1. The number of hydrogen-bond acceptors (Lipinski definition) is 4. The molecule has 3 aliphatic rings. The van der Waals surface area contributed by atoms with Gasteiger partial charge < -0.3 is 14.4 Å². The molecule has 1 unspecified atom stereocenters. The molecule has 1 aromatic carbocycles. The van der Waals surface area contributed by atoms with Crippen LogP contribution in [0.4, 0.5) is 5.69 Å². The summed E-state index contributed by atoms with van der Waals surface area (Å²) in [6, 6.07) is 7.57. The van der Waals surface area contributed by atoms with Gasteiger partial charge in [0.2, 0.25) is 5.91 Å². The van der Waals surface area contributed by atoms with Gasteiger partial charge in [0.1, 0.15) is 11.5 Å². The molecular formula is C21H23NO4. The first-order chi connectivity index (χ1) is 12.5. The fraction of sp³-hybridized carbons (Fsp3) is 0.429. The van der Waals surface area contributed by atoms with Crippen molar-refractivity contribution < 1.29 is 19.1 Å². The molecule has 0 radical (unpaired) electrons. The number of carbonyl (C=O) groups excluding carboxylic acids is 2. The van der Waals surface area contributed by atoms with Crippen molar-refractivity contribution >= 4 is 17.6 Å². The quantitative estimate of drug-likeness (QED) is 0.603. The highest BCUT2D eigenvalue weighted by Crippen LogP contribution is 2.56. The summed E-state index contributed by atoms with van der Waals surface area (Å²) < 4.78 is 11.5. The predicted octanol–water partition coefficient (Wildman–Crippen LogP) is 2.79. The second-order valence-corrected chi connectivity index (χ2v) is 7.09. The molecular weight excluding hydrogens is 330 g/mol. The van der Waals surface area contributed by atoms with E-state index in [1.54, 1.807) is 11.8 Å². The monoisotopic (exact) mass is 353 g/mol. The number of aryl methyl sites for hydroxylation is 1. The number of nitrogens with zero attached hydrogens (tertiary/aromatic N) is 1. The van der Waals surface area contributed by atoms with E-state index in [-0.39, 0.29) is 24.5 Å². The standard InChI is InChI=1S/C21H23NO4/c1-4-8-16-21-12-11-15(26-21)17(20(24)25-5-2)18(21)19(23)22(16)14-10-7-6-9-13(14)3/h4,6-7,9-12,15-18H,1,5,8H2,2-3H3/t15-,16?,17-,18+,21-/m1/s1. The van der Waals surface area contributed by atoms with Crippen LogP contribution < -0.4 is 4.90 Å². The Balaban J connectivity index is 1.81. The Morgan fingerprint density at radius 3 is 2.88 bits per heavy atom. The molecule has 136 valence electrons. The number of benzene rings is 1. The molecule has 0 aromatic heterocycles. The summed E-state index contributed by atoms with van der Waals surface area (Å²) in [4.78, 5) is 27.9. The molecule has 5 atom stereocenters. The molecule has 0 N–H and O–H groups in total. The molecule has 26 heavy (non-hydrogen) atoms. The zero-order chi connectivity index (χ0) is 18.5. The molecule has 0 aliphatic carbocycles. The third kappa shape index (κ3) is 2.13. The van der Waals surface area contributed by atoms with E-state index in [4.69, 9.17) is 9.47 Å². The lowest BCUT2D eigenvalue weighted by molar-refractivity contribution is -0.151. The number of ether oxygens (including phenoxy) is 2. The van der Waals surface area contributed by atoms with Gasteiger partial charge >= 0.3 is 5.97 Å². The van der Waals surface area contributed by atoms with Gasteiger partial charge in [-0.25, -0.2) is 0 Å². The van der Waals surface area contributed by atoms with Gasteiger partial charge in [-0.05, 0) is 31.9 Å².